The van der Waals surface area contributed by atoms with Gasteiger partial charge in [-0.1, -0.05) is 5.92 Å². The molecule has 17 heavy (non-hydrogen) atoms. The first kappa shape index (κ1) is 13.3. The largest absolute Gasteiger partial charge is 0.340 e. The maximum Gasteiger partial charge on any atom is 0.268 e. The average molecular weight is 251 g/mol. The van der Waals surface area contributed by atoms with Crippen LogP contribution in [0.2, 0.25) is 0 Å². The first-order valence-electron chi connectivity index (χ1n) is 5.08. The van der Waals surface area contributed by atoms with Crippen molar-refractivity contribution in [3.63, 3.8) is 0 Å². The van der Waals surface area contributed by atoms with Crippen LogP contribution in [0.4, 0.5) is 0 Å². The van der Waals surface area contributed by atoms with Crippen molar-refractivity contribution in [2.24, 2.45) is 0 Å². The Morgan fingerprint density at radius 2 is 2.41 bits per heavy atom. The van der Waals surface area contributed by atoms with Gasteiger partial charge in [-0.2, -0.15) is 5.26 Å². The first-order valence-corrected chi connectivity index (χ1v) is 6.64. The predicted molar refractivity (Wildman–Crippen MR) is 67.2 cm³/mol. The van der Waals surface area contributed by atoms with Gasteiger partial charge in [0.15, 0.2) is 0 Å². The van der Waals surface area contributed by atoms with E-state index in [-0.39, 0.29) is 23.1 Å². The number of hydrogen-bond acceptors (Lipinski definition) is 3. The second kappa shape index (κ2) is 6.07. The maximum atomic E-state index is 11.6. The van der Waals surface area contributed by atoms with E-state index >= 15 is 0 Å². The lowest BCUT2D eigenvalue weighted by molar-refractivity contribution is -0.126. The summed E-state index contributed by atoms with van der Waals surface area (Å²) in [5.41, 5.74) is 0. The molecule has 1 unspecified atom stereocenters. The highest BCUT2D eigenvalue weighted by molar-refractivity contribution is 8.18. The molecule has 5 nitrogen and oxygen atoms in total. The summed E-state index contributed by atoms with van der Waals surface area (Å²) in [6, 6.07) is 1.89. The molecule has 1 saturated heterocycles. The molecule has 1 N–H and O–H groups in total. The first-order chi connectivity index (χ1) is 8.13. The Bertz CT molecular complexity index is 456. The topological polar surface area (TPSA) is 73.2 Å². The van der Waals surface area contributed by atoms with E-state index in [9.17, 15) is 9.59 Å². The third kappa shape index (κ3) is 3.08. The van der Waals surface area contributed by atoms with Crippen molar-refractivity contribution < 1.29 is 9.59 Å². The van der Waals surface area contributed by atoms with Gasteiger partial charge in [0, 0.05) is 6.54 Å². The average Bonchev–Trinajstić information content (AvgIpc) is 2.68. The van der Waals surface area contributed by atoms with Gasteiger partial charge in [-0.3, -0.25) is 9.59 Å². The standard InChI is InChI=1S/C11H13N3O2S/c1-3-5-13-11(16)9(6-12)17-7-10(15)14(4-2)8-17/h1H,4-5,7-8H2,2H3,(H,13,16). The molecule has 2 amide bonds. The molecule has 1 aliphatic heterocycles. The fourth-order valence-electron chi connectivity index (χ4n) is 1.41. The minimum absolute atomic E-state index is 0.00617. The van der Waals surface area contributed by atoms with Gasteiger partial charge < -0.3 is 10.2 Å². The van der Waals surface area contributed by atoms with Crippen LogP contribution in [-0.2, 0) is 9.59 Å². The highest BCUT2D eigenvalue weighted by atomic mass is 32.2. The van der Waals surface area contributed by atoms with Crippen LogP contribution in [0, 0.1) is 23.7 Å². The van der Waals surface area contributed by atoms with Gasteiger partial charge in [-0.05, 0) is 6.92 Å². The summed E-state index contributed by atoms with van der Waals surface area (Å²) in [4.78, 5) is 24.9. The van der Waals surface area contributed by atoms with E-state index in [0.29, 0.717) is 12.4 Å². The number of nitrogens with zero attached hydrogens (tertiary/aromatic N) is 2. The lowest BCUT2D eigenvalue weighted by Gasteiger charge is -2.10. The highest BCUT2D eigenvalue weighted by Gasteiger charge is 2.27. The molecule has 6 heteroatoms. The normalized spacial score (nSPS) is 19.5. The summed E-state index contributed by atoms with van der Waals surface area (Å²) in [5, 5.41) is 11.4. The van der Waals surface area contributed by atoms with E-state index in [1.807, 2.05) is 13.0 Å². The van der Waals surface area contributed by atoms with Crippen molar-refractivity contribution in [3.8, 4) is 18.4 Å². The predicted octanol–water partition coefficient (Wildman–Crippen LogP) is -0.480. The minimum Gasteiger partial charge on any atom is -0.340 e. The fraction of sp³-hybridized carbons (Fsp3) is 0.455. The Balaban J connectivity index is 2.88. The molecular formula is C11H13N3O2S. The Hall–Kier alpha value is -1.79. The zero-order chi connectivity index (χ0) is 12.8. The molecule has 1 fully saturated rings. The number of amides is 2. The summed E-state index contributed by atoms with van der Waals surface area (Å²) in [6.07, 6.45) is 5.02. The monoisotopic (exact) mass is 251 g/mol. The van der Waals surface area contributed by atoms with Crippen molar-refractivity contribution in [1.82, 2.24) is 10.2 Å². The highest BCUT2D eigenvalue weighted by Crippen LogP contribution is 2.24. The second-order valence-electron chi connectivity index (χ2n) is 3.34. The molecule has 1 aliphatic rings. The van der Waals surface area contributed by atoms with Crippen LogP contribution in [0.1, 0.15) is 6.92 Å². The molecule has 0 bridgehead atoms. The third-order valence-corrected chi connectivity index (χ3v) is 4.36. The Kier molecular flexibility index (Phi) is 4.74. The van der Waals surface area contributed by atoms with Crippen molar-refractivity contribution in [2.75, 3.05) is 24.7 Å². The van der Waals surface area contributed by atoms with Crippen LogP contribution in [0.15, 0.2) is 0 Å². The smallest absolute Gasteiger partial charge is 0.268 e. The number of carbonyl (C=O) groups is 2. The Labute approximate surface area is 103 Å². The van der Waals surface area contributed by atoms with E-state index in [0.717, 1.165) is 0 Å². The molecule has 0 aliphatic carbocycles. The second-order valence-corrected chi connectivity index (χ2v) is 5.28. The van der Waals surface area contributed by atoms with Gasteiger partial charge in [-0.25, -0.2) is 0 Å². The lowest BCUT2D eigenvalue weighted by atomic mass is 10.4. The molecule has 1 atom stereocenters. The van der Waals surface area contributed by atoms with E-state index in [2.05, 4.69) is 11.2 Å². The summed E-state index contributed by atoms with van der Waals surface area (Å²) in [5.74, 6) is 2.51. The molecule has 1 heterocycles. The van der Waals surface area contributed by atoms with Gasteiger partial charge in [0.2, 0.25) is 5.91 Å². The molecule has 0 aromatic rings. The van der Waals surface area contributed by atoms with Crippen LogP contribution in [0.5, 0.6) is 0 Å². The zero-order valence-electron chi connectivity index (χ0n) is 9.52. The number of nitriles is 1. The van der Waals surface area contributed by atoms with Crippen LogP contribution < -0.4 is 5.32 Å². The molecule has 0 aromatic heterocycles. The van der Waals surface area contributed by atoms with E-state index in [4.69, 9.17) is 11.7 Å². The lowest BCUT2D eigenvalue weighted by Crippen LogP contribution is -2.30. The summed E-state index contributed by atoms with van der Waals surface area (Å²) in [6.45, 7) is 2.56. The molecule has 0 saturated carbocycles. The van der Waals surface area contributed by atoms with Gasteiger partial charge in [-0.15, -0.1) is 16.9 Å². The Morgan fingerprint density at radius 3 is 2.88 bits per heavy atom. The summed E-state index contributed by atoms with van der Waals surface area (Å²) < 4.78 is 0. The molecule has 0 radical (unpaired) electrons. The number of nitrogens with one attached hydrogen (secondary N) is 1. The van der Waals surface area contributed by atoms with Crippen molar-refractivity contribution in [2.45, 2.75) is 6.92 Å². The van der Waals surface area contributed by atoms with Crippen LogP contribution in [0.25, 0.3) is 0 Å². The molecule has 0 spiro atoms. The molecule has 0 aromatic carbocycles. The van der Waals surface area contributed by atoms with Crippen LogP contribution >= 0.6 is 10.5 Å². The zero-order valence-corrected chi connectivity index (χ0v) is 10.3. The SMILES string of the molecule is C#CCNC(=O)/C(C#N)=S1\CC(=O)N(CC)C1. The Morgan fingerprint density at radius 1 is 1.71 bits per heavy atom. The van der Waals surface area contributed by atoms with Gasteiger partial charge >= 0.3 is 0 Å². The molecular weight excluding hydrogens is 238 g/mol. The van der Waals surface area contributed by atoms with Gasteiger partial charge in [0.1, 0.15) is 10.9 Å². The maximum absolute atomic E-state index is 11.6. The van der Waals surface area contributed by atoms with Gasteiger partial charge in [0.25, 0.3) is 5.91 Å². The van der Waals surface area contributed by atoms with Crippen molar-refractivity contribution in [3.05, 3.63) is 0 Å². The third-order valence-electron chi connectivity index (χ3n) is 2.29. The quantitative estimate of drug-likeness (QED) is 0.544. The van der Waals surface area contributed by atoms with Crippen LogP contribution in [-0.4, -0.2) is 46.3 Å². The number of carbonyl (C=O) groups excluding carboxylic acids is 2. The van der Waals surface area contributed by atoms with Gasteiger partial charge in [0.05, 0.1) is 18.2 Å². The van der Waals surface area contributed by atoms with Crippen LogP contribution in [0.3, 0.4) is 0 Å². The van der Waals surface area contributed by atoms with Crippen molar-refractivity contribution >= 4 is 27.2 Å². The molecule has 90 valence electrons. The van der Waals surface area contributed by atoms with E-state index in [1.54, 1.807) is 4.90 Å². The molecule has 1 rings (SSSR count). The number of hydrogen-bond donors (Lipinski definition) is 1. The number of terminal acetylenes is 1. The number of rotatable bonds is 3. The minimum atomic E-state index is -0.607. The van der Waals surface area contributed by atoms with E-state index < -0.39 is 16.4 Å². The fourth-order valence-corrected chi connectivity index (χ4v) is 3.42. The summed E-state index contributed by atoms with van der Waals surface area (Å²) in [7, 11) is -0.607. The van der Waals surface area contributed by atoms with Crippen molar-refractivity contribution in [1.29, 1.82) is 5.26 Å². The van der Waals surface area contributed by atoms with E-state index in [1.165, 1.54) is 0 Å². The summed E-state index contributed by atoms with van der Waals surface area (Å²) >= 11 is 0.